The van der Waals surface area contributed by atoms with E-state index in [1.807, 2.05) is 6.07 Å². The van der Waals surface area contributed by atoms with E-state index in [0.29, 0.717) is 12.0 Å². The van der Waals surface area contributed by atoms with Gasteiger partial charge in [-0.15, -0.1) is 0 Å². The lowest BCUT2D eigenvalue weighted by molar-refractivity contribution is 0.164. The molecule has 2 aromatic rings. The fourth-order valence-electron chi connectivity index (χ4n) is 3.14. The number of nitrogens with one attached hydrogen (secondary N) is 1. The second-order valence-electron chi connectivity index (χ2n) is 6.10. The molecule has 3 nitrogen and oxygen atoms in total. The van der Waals surface area contributed by atoms with E-state index in [1.165, 1.54) is 17.8 Å². The van der Waals surface area contributed by atoms with Crippen molar-refractivity contribution in [3.8, 4) is 0 Å². The van der Waals surface area contributed by atoms with Crippen LogP contribution in [0.4, 0.5) is 10.1 Å². The second-order valence-corrected chi connectivity index (χ2v) is 6.10. The number of piperidine rings is 1. The van der Waals surface area contributed by atoms with E-state index in [-0.39, 0.29) is 0 Å². The smallest absolute Gasteiger partial charge is 0.214 e. The van der Waals surface area contributed by atoms with Crippen molar-refractivity contribution in [2.45, 2.75) is 25.9 Å². The third-order valence-corrected chi connectivity index (χ3v) is 4.32. The van der Waals surface area contributed by atoms with Gasteiger partial charge in [-0.1, -0.05) is 37.3 Å². The van der Waals surface area contributed by atoms with Crippen molar-refractivity contribution in [1.29, 1.82) is 0 Å². The predicted molar refractivity (Wildman–Crippen MR) is 87.1 cm³/mol. The Labute approximate surface area is 131 Å². The van der Waals surface area contributed by atoms with E-state index in [0.717, 1.165) is 31.7 Å². The minimum Gasteiger partial charge on any atom is -0.382 e. The molecule has 1 aromatic carbocycles. The summed E-state index contributed by atoms with van der Waals surface area (Å²) in [5, 5.41) is 3.45. The van der Waals surface area contributed by atoms with Crippen LogP contribution in [0.1, 0.15) is 18.9 Å². The van der Waals surface area contributed by atoms with Crippen LogP contribution in [0.2, 0.25) is 0 Å². The van der Waals surface area contributed by atoms with Crippen LogP contribution < -0.4 is 5.32 Å². The first-order valence-electron chi connectivity index (χ1n) is 7.85. The first kappa shape index (κ1) is 15.0. The van der Waals surface area contributed by atoms with Gasteiger partial charge in [0.2, 0.25) is 5.95 Å². The van der Waals surface area contributed by atoms with Gasteiger partial charge in [0.1, 0.15) is 0 Å². The Hall–Kier alpha value is -1.94. The molecule has 1 aliphatic heterocycles. The van der Waals surface area contributed by atoms with Crippen molar-refractivity contribution in [2.75, 3.05) is 18.4 Å². The molecule has 2 heterocycles. The van der Waals surface area contributed by atoms with E-state index in [2.05, 4.69) is 52.5 Å². The molecule has 1 N–H and O–H groups in total. The molecule has 1 aromatic heterocycles. The van der Waals surface area contributed by atoms with Crippen LogP contribution in [0.15, 0.2) is 48.7 Å². The topological polar surface area (TPSA) is 28.2 Å². The summed E-state index contributed by atoms with van der Waals surface area (Å²) in [4.78, 5) is 6.09. The van der Waals surface area contributed by atoms with Crippen LogP contribution in [0.3, 0.4) is 0 Å². The summed E-state index contributed by atoms with van der Waals surface area (Å²) in [7, 11) is 0. The molecule has 1 fully saturated rings. The van der Waals surface area contributed by atoms with Gasteiger partial charge in [0, 0.05) is 43.6 Å². The van der Waals surface area contributed by atoms with Gasteiger partial charge in [-0.2, -0.15) is 4.39 Å². The van der Waals surface area contributed by atoms with E-state index in [1.54, 1.807) is 0 Å². The number of benzene rings is 1. The first-order chi connectivity index (χ1) is 10.7. The summed E-state index contributed by atoms with van der Waals surface area (Å²) in [5.74, 6) is 0.0906. The lowest BCUT2D eigenvalue weighted by atomic mass is 9.93. The van der Waals surface area contributed by atoms with Crippen molar-refractivity contribution < 1.29 is 4.39 Å². The summed E-state index contributed by atoms with van der Waals surface area (Å²) in [6, 6.07) is 14.2. The van der Waals surface area contributed by atoms with Gasteiger partial charge in [0.15, 0.2) is 0 Å². The van der Waals surface area contributed by atoms with Crippen LogP contribution >= 0.6 is 0 Å². The molecule has 22 heavy (non-hydrogen) atoms. The van der Waals surface area contributed by atoms with Crippen LogP contribution in [0.25, 0.3) is 0 Å². The number of hydrogen-bond acceptors (Lipinski definition) is 3. The minimum absolute atomic E-state index is 0.383. The molecule has 3 rings (SSSR count). The highest BCUT2D eigenvalue weighted by atomic mass is 19.1. The molecule has 0 aliphatic carbocycles. The summed E-state index contributed by atoms with van der Waals surface area (Å²) < 4.78 is 13.2. The van der Waals surface area contributed by atoms with Crippen LogP contribution in [-0.2, 0) is 6.54 Å². The molecule has 0 amide bonds. The highest BCUT2D eigenvalue weighted by Gasteiger charge is 2.25. The molecule has 2 atom stereocenters. The highest BCUT2D eigenvalue weighted by Crippen LogP contribution is 2.22. The molecule has 0 saturated carbocycles. The molecule has 2 unspecified atom stereocenters. The predicted octanol–water partition coefficient (Wildman–Crippen LogP) is 3.54. The monoisotopic (exact) mass is 299 g/mol. The van der Waals surface area contributed by atoms with Crippen molar-refractivity contribution in [2.24, 2.45) is 5.92 Å². The maximum absolute atomic E-state index is 13.2. The molecule has 4 heteroatoms. The Balaban J connectivity index is 1.56. The van der Waals surface area contributed by atoms with Gasteiger partial charge in [-0.05, 0) is 24.0 Å². The number of aromatic nitrogens is 1. The normalized spacial score (nSPS) is 22.5. The van der Waals surface area contributed by atoms with Crippen LogP contribution in [-0.4, -0.2) is 29.0 Å². The van der Waals surface area contributed by atoms with Gasteiger partial charge in [0.05, 0.1) is 0 Å². The zero-order valence-corrected chi connectivity index (χ0v) is 12.9. The largest absolute Gasteiger partial charge is 0.382 e. The maximum Gasteiger partial charge on any atom is 0.214 e. The van der Waals surface area contributed by atoms with Crippen molar-refractivity contribution in [1.82, 2.24) is 9.88 Å². The number of anilines is 1. The number of hydrogen-bond donors (Lipinski definition) is 1. The third kappa shape index (κ3) is 3.83. The summed E-state index contributed by atoms with van der Waals surface area (Å²) in [6.07, 6.45) is 2.57. The van der Waals surface area contributed by atoms with Crippen molar-refractivity contribution in [3.63, 3.8) is 0 Å². The molecule has 1 aliphatic rings. The standard InChI is InChI=1S/C18H22FN3/c1-14-12-22(13-15-5-3-2-4-6-15)10-8-17(14)21-16-7-9-20-18(19)11-16/h2-7,9,11,14,17H,8,10,12-13H2,1H3,(H,20,21). The maximum atomic E-state index is 13.2. The summed E-state index contributed by atoms with van der Waals surface area (Å²) >= 11 is 0. The van der Waals surface area contributed by atoms with Crippen LogP contribution in [0, 0.1) is 11.9 Å². The molecular formula is C18H22FN3. The fraction of sp³-hybridized carbons (Fsp3) is 0.389. The Morgan fingerprint density at radius 1 is 1.27 bits per heavy atom. The van der Waals surface area contributed by atoms with Crippen LogP contribution in [0.5, 0.6) is 0 Å². The minimum atomic E-state index is -0.431. The van der Waals surface area contributed by atoms with Crippen molar-refractivity contribution in [3.05, 3.63) is 60.2 Å². The zero-order chi connectivity index (χ0) is 15.4. The van der Waals surface area contributed by atoms with Crippen molar-refractivity contribution >= 4 is 5.69 Å². The summed E-state index contributed by atoms with van der Waals surface area (Å²) in [5.41, 5.74) is 2.18. The van der Waals surface area contributed by atoms with E-state index >= 15 is 0 Å². The lowest BCUT2D eigenvalue weighted by Gasteiger charge is -2.37. The number of pyridine rings is 1. The Bertz CT molecular complexity index is 602. The molecule has 0 bridgehead atoms. The van der Waals surface area contributed by atoms with E-state index < -0.39 is 5.95 Å². The second kappa shape index (κ2) is 6.88. The summed E-state index contributed by atoms with van der Waals surface area (Å²) in [6.45, 7) is 5.37. The molecular weight excluding hydrogens is 277 g/mol. The zero-order valence-electron chi connectivity index (χ0n) is 12.9. The number of halogens is 1. The van der Waals surface area contributed by atoms with E-state index in [4.69, 9.17) is 0 Å². The molecule has 0 radical (unpaired) electrons. The fourth-order valence-corrected chi connectivity index (χ4v) is 3.14. The Kier molecular flexibility index (Phi) is 4.68. The number of rotatable bonds is 4. The van der Waals surface area contributed by atoms with E-state index in [9.17, 15) is 4.39 Å². The van der Waals surface area contributed by atoms with Gasteiger partial charge in [-0.3, -0.25) is 4.90 Å². The molecule has 116 valence electrons. The average Bonchev–Trinajstić information content (AvgIpc) is 2.51. The quantitative estimate of drug-likeness (QED) is 0.875. The highest BCUT2D eigenvalue weighted by molar-refractivity contribution is 5.42. The van der Waals surface area contributed by atoms with Gasteiger partial charge < -0.3 is 5.32 Å². The average molecular weight is 299 g/mol. The Morgan fingerprint density at radius 3 is 2.82 bits per heavy atom. The van der Waals surface area contributed by atoms with Gasteiger partial charge >= 0.3 is 0 Å². The number of likely N-dealkylation sites (tertiary alicyclic amines) is 1. The lowest BCUT2D eigenvalue weighted by Crippen LogP contribution is -2.44. The SMILES string of the molecule is CC1CN(Cc2ccccc2)CCC1Nc1ccnc(F)c1. The number of nitrogens with zero attached hydrogens (tertiary/aromatic N) is 2. The first-order valence-corrected chi connectivity index (χ1v) is 7.85. The Morgan fingerprint density at radius 2 is 2.09 bits per heavy atom. The molecule has 0 spiro atoms. The van der Waals surface area contributed by atoms with Gasteiger partial charge in [-0.25, -0.2) is 4.98 Å². The van der Waals surface area contributed by atoms with Gasteiger partial charge in [0.25, 0.3) is 0 Å². The third-order valence-electron chi connectivity index (χ3n) is 4.32. The molecule has 1 saturated heterocycles.